The van der Waals surface area contributed by atoms with Crippen LogP contribution in [-0.4, -0.2) is 41.1 Å². The number of ether oxygens (including phenoxy) is 1. The first kappa shape index (κ1) is 21.8. The van der Waals surface area contributed by atoms with Crippen LogP contribution in [0.15, 0.2) is 22.4 Å². The van der Waals surface area contributed by atoms with E-state index in [4.69, 9.17) is 4.74 Å². The number of thioether (sulfide) groups is 1. The maximum absolute atomic E-state index is 12.5. The van der Waals surface area contributed by atoms with Gasteiger partial charge in [-0.15, -0.1) is 22.7 Å². The van der Waals surface area contributed by atoms with Crippen molar-refractivity contribution in [3.63, 3.8) is 0 Å². The van der Waals surface area contributed by atoms with Gasteiger partial charge in [0.2, 0.25) is 5.91 Å². The van der Waals surface area contributed by atoms with Crippen LogP contribution in [0.3, 0.4) is 0 Å². The van der Waals surface area contributed by atoms with Crippen LogP contribution in [0.4, 0.5) is 9.80 Å². The lowest BCUT2D eigenvalue weighted by Crippen LogP contribution is -2.36. The highest BCUT2D eigenvalue weighted by Gasteiger charge is 2.36. The Hall–Kier alpha value is -2.94. The van der Waals surface area contributed by atoms with Crippen molar-refractivity contribution in [1.82, 2.24) is 4.90 Å². The molecule has 0 unspecified atom stereocenters. The SMILES string of the molecule is CCOC(=O)c1sc(NC(=O)CN2C(=O)SC(=Cc3cccs3)C2=O)c(C#N)c1C. The van der Waals surface area contributed by atoms with Crippen molar-refractivity contribution in [1.29, 1.82) is 5.26 Å². The molecule has 30 heavy (non-hydrogen) atoms. The Labute approximate surface area is 184 Å². The molecular formula is C19H15N3O5S3. The number of nitrogens with zero attached hydrogens (tertiary/aromatic N) is 2. The summed E-state index contributed by atoms with van der Waals surface area (Å²) in [5.41, 5.74) is 0.546. The Kier molecular flexibility index (Phi) is 6.71. The molecule has 0 saturated carbocycles. The maximum Gasteiger partial charge on any atom is 0.348 e. The second-order valence-corrected chi connectivity index (χ2v) is 8.92. The van der Waals surface area contributed by atoms with Gasteiger partial charge in [-0.25, -0.2) is 4.79 Å². The maximum atomic E-state index is 12.5. The van der Waals surface area contributed by atoms with Crippen molar-refractivity contribution in [2.75, 3.05) is 18.5 Å². The molecule has 0 spiro atoms. The highest BCUT2D eigenvalue weighted by atomic mass is 32.2. The smallest absolute Gasteiger partial charge is 0.348 e. The Balaban J connectivity index is 1.74. The fraction of sp³-hybridized carbons (Fsp3) is 0.211. The number of anilines is 1. The van der Waals surface area contributed by atoms with Gasteiger partial charge in [-0.2, -0.15) is 5.26 Å². The van der Waals surface area contributed by atoms with E-state index in [2.05, 4.69) is 5.32 Å². The van der Waals surface area contributed by atoms with E-state index in [1.807, 2.05) is 23.6 Å². The van der Waals surface area contributed by atoms with E-state index in [1.165, 1.54) is 11.3 Å². The number of carbonyl (C=O) groups is 4. The number of imide groups is 1. The molecule has 3 rings (SSSR count). The summed E-state index contributed by atoms with van der Waals surface area (Å²) in [5, 5.41) is 13.4. The van der Waals surface area contributed by atoms with E-state index in [9.17, 15) is 24.4 Å². The molecule has 0 aromatic carbocycles. The van der Waals surface area contributed by atoms with Crippen molar-refractivity contribution in [3.8, 4) is 6.07 Å². The van der Waals surface area contributed by atoms with E-state index in [0.29, 0.717) is 5.56 Å². The Bertz CT molecular complexity index is 1100. The van der Waals surface area contributed by atoms with Crippen LogP contribution in [0.1, 0.15) is 32.6 Å². The molecule has 0 aliphatic carbocycles. The molecule has 1 fully saturated rings. The number of esters is 1. The second kappa shape index (κ2) is 9.25. The van der Waals surface area contributed by atoms with Crippen LogP contribution in [0.2, 0.25) is 0 Å². The van der Waals surface area contributed by atoms with Gasteiger partial charge in [0.05, 0.1) is 17.1 Å². The minimum atomic E-state index is -0.650. The molecule has 1 N–H and O–H groups in total. The summed E-state index contributed by atoms with van der Waals surface area (Å²) >= 11 is 3.11. The summed E-state index contributed by atoms with van der Waals surface area (Å²) in [7, 11) is 0. The van der Waals surface area contributed by atoms with Gasteiger partial charge in [0.25, 0.3) is 11.1 Å². The molecule has 0 radical (unpaired) electrons. The number of nitrogens with one attached hydrogen (secondary N) is 1. The molecular weight excluding hydrogens is 446 g/mol. The lowest BCUT2D eigenvalue weighted by Gasteiger charge is -2.11. The number of hydrogen-bond donors (Lipinski definition) is 1. The van der Waals surface area contributed by atoms with E-state index in [-0.39, 0.29) is 27.0 Å². The number of rotatable bonds is 6. The van der Waals surface area contributed by atoms with Crippen molar-refractivity contribution in [2.45, 2.75) is 13.8 Å². The Morgan fingerprint density at radius 3 is 2.77 bits per heavy atom. The normalized spacial score (nSPS) is 14.8. The van der Waals surface area contributed by atoms with E-state index in [1.54, 1.807) is 19.9 Å². The van der Waals surface area contributed by atoms with Gasteiger partial charge in [-0.3, -0.25) is 19.3 Å². The number of nitriles is 1. The number of carbonyl (C=O) groups excluding carboxylic acids is 4. The van der Waals surface area contributed by atoms with Crippen LogP contribution in [0, 0.1) is 18.3 Å². The number of thiophene rings is 2. The first-order chi connectivity index (χ1) is 14.3. The molecule has 0 atom stereocenters. The average molecular weight is 462 g/mol. The fourth-order valence-corrected chi connectivity index (χ4v) is 5.20. The number of hydrogen-bond acceptors (Lipinski definition) is 9. The van der Waals surface area contributed by atoms with Crippen molar-refractivity contribution >= 4 is 68.5 Å². The zero-order chi connectivity index (χ0) is 21.8. The van der Waals surface area contributed by atoms with Crippen molar-refractivity contribution in [2.24, 2.45) is 0 Å². The quantitative estimate of drug-likeness (QED) is 0.513. The Morgan fingerprint density at radius 2 is 2.13 bits per heavy atom. The molecule has 1 aliphatic rings. The predicted octanol–water partition coefficient (Wildman–Crippen LogP) is 3.84. The highest BCUT2D eigenvalue weighted by Crippen LogP contribution is 2.34. The summed E-state index contributed by atoms with van der Waals surface area (Å²) in [4.78, 5) is 51.3. The standard InChI is InChI=1S/C19H15N3O5S3/c1-3-27-18(25)15-10(2)12(8-20)16(30-15)21-14(23)9-22-17(24)13(29-19(22)26)7-11-5-4-6-28-11/h4-7H,3,9H2,1-2H3,(H,21,23). The molecule has 0 bridgehead atoms. The second-order valence-electron chi connectivity index (χ2n) is 5.92. The molecule has 1 aliphatic heterocycles. The molecule has 3 heterocycles. The lowest BCUT2D eigenvalue weighted by atomic mass is 10.2. The van der Waals surface area contributed by atoms with E-state index in [0.717, 1.165) is 32.9 Å². The van der Waals surface area contributed by atoms with Gasteiger partial charge < -0.3 is 10.1 Å². The molecule has 2 aromatic heterocycles. The fourth-order valence-electron chi connectivity index (χ4n) is 2.58. The average Bonchev–Trinajstić information content (AvgIpc) is 3.38. The Morgan fingerprint density at radius 1 is 1.37 bits per heavy atom. The summed E-state index contributed by atoms with van der Waals surface area (Å²) in [6.07, 6.45) is 1.61. The third kappa shape index (κ3) is 4.46. The van der Waals surface area contributed by atoms with Gasteiger partial charge in [0.1, 0.15) is 22.5 Å². The van der Waals surface area contributed by atoms with Crippen LogP contribution in [0.5, 0.6) is 0 Å². The monoisotopic (exact) mass is 461 g/mol. The number of amides is 3. The molecule has 3 amide bonds. The summed E-state index contributed by atoms with van der Waals surface area (Å²) < 4.78 is 4.96. The van der Waals surface area contributed by atoms with Crippen molar-refractivity contribution in [3.05, 3.63) is 43.3 Å². The van der Waals surface area contributed by atoms with Gasteiger partial charge in [-0.1, -0.05) is 6.07 Å². The first-order valence-corrected chi connectivity index (χ1v) is 11.2. The zero-order valence-electron chi connectivity index (χ0n) is 15.9. The van der Waals surface area contributed by atoms with Gasteiger partial charge in [0, 0.05) is 4.88 Å². The minimum Gasteiger partial charge on any atom is -0.462 e. The van der Waals surface area contributed by atoms with E-state index < -0.39 is 29.6 Å². The largest absolute Gasteiger partial charge is 0.462 e. The zero-order valence-corrected chi connectivity index (χ0v) is 18.3. The van der Waals surface area contributed by atoms with Crippen LogP contribution in [-0.2, 0) is 14.3 Å². The summed E-state index contributed by atoms with van der Waals surface area (Å²) in [6, 6.07) is 5.60. The van der Waals surface area contributed by atoms with Crippen LogP contribution < -0.4 is 5.32 Å². The predicted molar refractivity (Wildman–Crippen MR) is 115 cm³/mol. The van der Waals surface area contributed by atoms with Gasteiger partial charge in [-0.05, 0) is 48.7 Å². The summed E-state index contributed by atoms with van der Waals surface area (Å²) in [6.45, 7) is 2.93. The minimum absolute atomic E-state index is 0.142. The third-order valence-corrected chi connectivity index (χ3v) is 6.88. The van der Waals surface area contributed by atoms with E-state index >= 15 is 0 Å². The summed E-state index contributed by atoms with van der Waals surface area (Å²) in [5.74, 6) is -1.78. The van der Waals surface area contributed by atoms with Gasteiger partial charge in [0.15, 0.2) is 0 Å². The van der Waals surface area contributed by atoms with Crippen molar-refractivity contribution < 1.29 is 23.9 Å². The molecule has 154 valence electrons. The highest BCUT2D eigenvalue weighted by molar-refractivity contribution is 8.18. The third-order valence-electron chi connectivity index (χ3n) is 3.96. The molecule has 2 aromatic rings. The topological polar surface area (TPSA) is 117 Å². The molecule has 1 saturated heterocycles. The lowest BCUT2D eigenvalue weighted by molar-refractivity contribution is -0.127. The van der Waals surface area contributed by atoms with Crippen LogP contribution in [0.25, 0.3) is 6.08 Å². The first-order valence-electron chi connectivity index (χ1n) is 8.65. The van der Waals surface area contributed by atoms with Gasteiger partial charge >= 0.3 is 5.97 Å². The van der Waals surface area contributed by atoms with Crippen LogP contribution >= 0.6 is 34.4 Å². The molecule has 8 nitrogen and oxygen atoms in total. The molecule has 11 heteroatoms.